The molecular formula is C13H18N4. The van der Waals surface area contributed by atoms with Crippen LogP contribution in [0.25, 0.3) is 0 Å². The Morgan fingerprint density at radius 1 is 1.47 bits per heavy atom. The average molecular weight is 230 g/mol. The zero-order valence-electron chi connectivity index (χ0n) is 10.1. The van der Waals surface area contributed by atoms with E-state index in [2.05, 4.69) is 51.9 Å². The number of hydrazine groups is 1. The molecule has 2 N–H and O–H groups in total. The minimum Gasteiger partial charge on any atom is -0.371 e. The molecule has 17 heavy (non-hydrogen) atoms. The molecule has 0 spiro atoms. The van der Waals surface area contributed by atoms with Crippen LogP contribution in [0.2, 0.25) is 0 Å². The second kappa shape index (κ2) is 4.47. The van der Waals surface area contributed by atoms with Gasteiger partial charge in [-0.25, -0.2) is 10.4 Å². The number of fused-ring (bicyclic) bond motifs is 1. The van der Waals surface area contributed by atoms with Gasteiger partial charge in [-0.3, -0.25) is 4.99 Å². The molecular weight excluding hydrogens is 212 g/mol. The summed E-state index contributed by atoms with van der Waals surface area (Å²) in [6.45, 7) is 5.91. The van der Waals surface area contributed by atoms with Gasteiger partial charge < -0.3 is 5.32 Å². The third-order valence-electron chi connectivity index (χ3n) is 3.51. The Kier molecular flexibility index (Phi) is 2.82. The molecule has 0 radical (unpaired) electrons. The van der Waals surface area contributed by atoms with Gasteiger partial charge in [-0.2, -0.15) is 0 Å². The third-order valence-corrected chi connectivity index (χ3v) is 3.51. The topological polar surface area (TPSA) is 39.7 Å². The summed E-state index contributed by atoms with van der Waals surface area (Å²) in [4.78, 5) is 4.39. The van der Waals surface area contributed by atoms with Crippen molar-refractivity contribution in [2.75, 3.05) is 19.6 Å². The van der Waals surface area contributed by atoms with Crippen LogP contribution < -0.4 is 10.7 Å². The van der Waals surface area contributed by atoms with Crippen molar-refractivity contribution in [2.45, 2.75) is 19.5 Å². The van der Waals surface area contributed by atoms with Crippen LogP contribution in [-0.2, 0) is 6.54 Å². The maximum Gasteiger partial charge on any atom is 0.112 e. The summed E-state index contributed by atoms with van der Waals surface area (Å²) in [6.07, 6.45) is 0. The highest BCUT2D eigenvalue weighted by Crippen LogP contribution is 2.30. The van der Waals surface area contributed by atoms with Crippen molar-refractivity contribution in [1.29, 1.82) is 0 Å². The van der Waals surface area contributed by atoms with Crippen LogP contribution in [0.15, 0.2) is 29.3 Å². The van der Waals surface area contributed by atoms with Crippen molar-refractivity contribution in [3.8, 4) is 0 Å². The van der Waals surface area contributed by atoms with Gasteiger partial charge in [0.25, 0.3) is 0 Å². The molecule has 1 aromatic carbocycles. The van der Waals surface area contributed by atoms with Crippen LogP contribution in [0.3, 0.4) is 0 Å². The van der Waals surface area contributed by atoms with Crippen LogP contribution in [0.5, 0.6) is 0 Å². The maximum atomic E-state index is 4.39. The number of nitrogens with zero attached hydrogens (tertiary/aromatic N) is 2. The quantitative estimate of drug-likeness (QED) is 0.816. The normalized spacial score (nSPS) is 23.4. The molecule has 2 aliphatic heterocycles. The first-order valence-corrected chi connectivity index (χ1v) is 6.20. The van der Waals surface area contributed by atoms with Gasteiger partial charge in [0, 0.05) is 19.1 Å². The minimum atomic E-state index is 0.438. The lowest BCUT2D eigenvalue weighted by Crippen LogP contribution is -2.41. The highest BCUT2D eigenvalue weighted by atomic mass is 15.5. The zero-order valence-corrected chi connectivity index (χ0v) is 10.1. The van der Waals surface area contributed by atoms with E-state index in [1.54, 1.807) is 0 Å². The summed E-state index contributed by atoms with van der Waals surface area (Å²) in [7, 11) is 0. The first-order chi connectivity index (χ1) is 8.34. The minimum absolute atomic E-state index is 0.438. The van der Waals surface area contributed by atoms with Crippen LogP contribution >= 0.6 is 0 Å². The second-order valence-corrected chi connectivity index (χ2v) is 4.59. The van der Waals surface area contributed by atoms with Gasteiger partial charge in [-0.05, 0) is 18.1 Å². The van der Waals surface area contributed by atoms with E-state index in [0.717, 1.165) is 32.0 Å². The molecule has 1 atom stereocenters. The van der Waals surface area contributed by atoms with Gasteiger partial charge in [-0.15, -0.1) is 0 Å². The largest absolute Gasteiger partial charge is 0.371 e. The summed E-state index contributed by atoms with van der Waals surface area (Å²) in [5, 5.41) is 5.56. The van der Waals surface area contributed by atoms with Crippen LogP contribution in [0, 0.1) is 0 Å². The molecule has 4 heteroatoms. The molecule has 3 rings (SSSR count). The molecule has 0 saturated heterocycles. The van der Waals surface area contributed by atoms with Crippen molar-refractivity contribution in [1.82, 2.24) is 15.8 Å². The average Bonchev–Trinajstić information content (AvgIpc) is 2.96. The Bertz CT molecular complexity index is 441. The Morgan fingerprint density at radius 3 is 3.12 bits per heavy atom. The van der Waals surface area contributed by atoms with Crippen molar-refractivity contribution >= 4 is 5.84 Å². The van der Waals surface area contributed by atoms with Gasteiger partial charge >= 0.3 is 0 Å². The summed E-state index contributed by atoms with van der Waals surface area (Å²) >= 11 is 0. The fraction of sp³-hybridized carbons (Fsp3) is 0.462. The standard InChI is InChI=1S/C13H18N4/c1-10-12-5-3-2-4-11(12)9-17(10)16-8-13-14-6-7-15-13/h2-5,10,16H,6-9H2,1H3,(H,14,15). The van der Waals surface area contributed by atoms with Gasteiger partial charge in [0.2, 0.25) is 0 Å². The number of hydrogen-bond donors (Lipinski definition) is 2. The number of rotatable bonds is 3. The van der Waals surface area contributed by atoms with Crippen molar-refractivity contribution in [3.63, 3.8) is 0 Å². The highest BCUT2D eigenvalue weighted by molar-refractivity contribution is 5.85. The number of nitrogens with one attached hydrogen (secondary N) is 2. The first kappa shape index (κ1) is 10.7. The molecule has 90 valence electrons. The maximum absolute atomic E-state index is 4.39. The highest BCUT2D eigenvalue weighted by Gasteiger charge is 2.26. The van der Waals surface area contributed by atoms with E-state index >= 15 is 0 Å². The summed E-state index contributed by atoms with van der Waals surface area (Å²) in [5.74, 6) is 1.08. The van der Waals surface area contributed by atoms with E-state index in [0.29, 0.717) is 6.04 Å². The second-order valence-electron chi connectivity index (χ2n) is 4.59. The molecule has 0 saturated carbocycles. The Morgan fingerprint density at radius 2 is 2.35 bits per heavy atom. The van der Waals surface area contributed by atoms with E-state index in [4.69, 9.17) is 0 Å². The Labute approximate surface area is 102 Å². The van der Waals surface area contributed by atoms with Gasteiger partial charge in [0.15, 0.2) is 0 Å². The number of amidine groups is 1. The Balaban J connectivity index is 1.63. The van der Waals surface area contributed by atoms with Crippen LogP contribution in [0.4, 0.5) is 0 Å². The smallest absolute Gasteiger partial charge is 0.112 e. The molecule has 4 nitrogen and oxygen atoms in total. The summed E-state index contributed by atoms with van der Waals surface area (Å²) < 4.78 is 0. The fourth-order valence-corrected chi connectivity index (χ4v) is 2.51. The predicted octanol–water partition coefficient (Wildman–Crippen LogP) is 1.07. The molecule has 1 aromatic rings. The molecule has 0 amide bonds. The van der Waals surface area contributed by atoms with E-state index in [-0.39, 0.29) is 0 Å². The molecule has 2 heterocycles. The molecule has 1 unspecified atom stereocenters. The van der Waals surface area contributed by atoms with E-state index in [1.807, 2.05) is 0 Å². The lowest BCUT2D eigenvalue weighted by atomic mass is 10.1. The number of hydrogen-bond acceptors (Lipinski definition) is 4. The first-order valence-electron chi connectivity index (χ1n) is 6.20. The molecule has 0 bridgehead atoms. The van der Waals surface area contributed by atoms with E-state index < -0.39 is 0 Å². The molecule has 0 aromatic heterocycles. The number of benzene rings is 1. The van der Waals surface area contributed by atoms with Crippen molar-refractivity contribution in [2.24, 2.45) is 4.99 Å². The molecule has 0 fully saturated rings. The third kappa shape index (κ3) is 2.06. The van der Waals surface area contributed by atoms with Crippen molar-refractivity contribution in [3.05, 3.63) is 35.4 Å². The van der Waals surface area contributed by atoms with Crippen LogP contribution in [0.1, 0.15) is 24.1 Å². The van der Waals surface area contributed by atoms with Crippen LogP contribution in [-0.4, -0.2) is 30.5 Å². The zero-order chi connectivity index (χ0) is 11.7. The predicted molar refractivity (Wildman–Crippen MR) is 68.7 cm³/mol. The molecule has 0 aliphatic carbocycles. The monoisotopic (exact) mass is 230 g/mol. The number of aliphatic imine (C=N–C) groups is 1. The van der Waals surface area contributed by atoms with Crippen molar-refractivity contribution < 1.29 is 0 Å². The van der Waals surface area contributed by atoms with E-state index in [1.165, 1.54) is 11.1 Å². The summed E-state index contributed by atoms with van der Waals surface area (Å²) in [6, 6.07) is 9.08. The Hall–Kier alpha value is -1.39. The molecule has 2 aliphatic rings. The summed E-state index contributed by atoms with van der Waals surface area (Å²) in [5.41, 5.74) is 6.32. The van der Waals surface area contributed by atoms with E-state index in [9.17, 15) is 0 Å². The fourth-order valence-electron chi connectivity index (χ4n) is 2.51. The lowest BCUT2D eigenvalue weighted by Gasteiger charge is -2.22. The van der Waals surface area contributed by atoms with Gasteiger partial charge in [0.1, 0.15) is 5.84 Å². The lowest BCUT2D eigenvalue weighted by molar-refractivity contribution is 0.157. The SMILES string of the molecule is CC1c2ccccc2CN1NCC1=NCCN1. The van der Waals surface area contributed by atoms with Gasteiger partial charge in [0.05, 0.1) is 13.1 Å². The van der Waals surface area contributed by atoms with Gasteiger partial charge in [-0.1, -0.05) is 24.3 Å².